The van der Waals surface area contributed by atoms with Crippen LogP contribution in [0.1, 0.15) is 0 Å². The van der Waals surface area contributed by atoms with Crippen LogP contribution in [0.25, 0.3) is 10.6 Å². The molecule has 0 radical (unpaired) electrons. The highest BCUT2D eigenvalue weighted by atomic mass is 32.1. The van der Waals surface area contributed by atoms with Crippen LogP contribution < -0.4 is 4.90 Å². The van der Waals surface area contributed by atoms with Gasteiger partial charge < -0.3 is 0 Å². The molecule has 0 aromatic carbocycles. The second kappa shape index (κ2) is 5.58. The smallest absolute Gasteiger partial charge is 0.219 e. The molecule has 0 saturated heterocycles. The number of nitrogens with zero attached hydrogens (tertiary/aromatic N) is 4. The van der Waals surface area contributed by atoms with Gasteiger partial charge in [0, 0.05) is 24.2 Å². The Labute approximate surface area is 119 Å². The van der Waals surface area contributed by atoms with Gasteiger partial charge in [-0.15, -0.1) is 0 Å². The van der Waals surface area contributed by atoms with Crippen molar-refractivity contribution in [1.82, 2.24) is 15.0 Å². The van der Waals surface area contributed by atoms with E-state index in [2.05, 4.69) is 15.0 Å². The van der Waals surface area contributed by atoms with Crippen LogP contribution in [0.3, 0.4) is 0 Å². The second-order valence-corrected chi connectivity index (χ2v) is 4.94. The zero-order valence-electron chi connectivity index (χ0n) is 10.4. The van der Waals surface area contributed by atoms with Crippen LogP contribution in [0.2, 0.25) is 0 Å². The van der Waals surface area contributed by atoms with Crippen molar-refractivity contribution in [2.24, 2.45) is 0 Å². The fourth-order valence-corrected chi connectivity index (χ4v) is 2.63. The van der Waals surface area contributed by atoms with E-state index in [0.717, 1.165) is 22.0 Å². The zero-order valence-corrected chi connectivity index (χ0v) is 11.2. The third-order valence-electron chi connectivity index (χ3n) is 2.67. The van der Waals surface area contributed by atoms with Crippen LogP contribution in [0, 0.1) is 0 Å². The highest BCUT2D eigenvalue weighted by Gasteiger charge is 2.13. The molecule has 5 nitrogen and oxygen atoms in total. The van der Waals surface area contributed by atoms with Gasteiger partial charge in [-0.2, -0.15) is 0 Å². The summed E-state index contributed by atoms with van der Waals surface area (Å²) in [5.74, 6) is 0. The molecule has 20 heavy (non-hydrogen) atoms. The van der Waals surface area contributed by atoms with Gasteiger partial charge in [0.25, 0.3) is 0 Å². The number of aromatic nitrogens is 3. The fourth-order valence-electron chi connectivity index (χ4n) is 1.74. The number of hydrogen-bond donors (Lipinski definition) is 0. The summed E-state index contributed by atoms with van der Waals surface area (Å²) in [6, 6.07) is 7.40. The minimum Gasteiger partial charge on any atom is -0.278 e. The van der Waals surface area contributed by atoms with E-state index in [-0.39, 0.29) is 0 Å². The number of carbonyl (C=O) groups is 1. The molecule has 0 aliphatic carbocycles. The molecular weight excluding hydrogens is 272 g/mol. The van der Waals surface area contributed by atoms with Crippen molar-refractivity contribution in [2.75, 3.05) is 4.90 Å². The first-order valence-electron chi connectivity index (χ1n) is 5.89. The predicted molar refractivity (Wildman–Crippen MR) is 77.8 cm³/mol. The zero-order chi connectivity index (χ0) is 13.8. The number of carbonyl (C=O) groups excluding carboxylic acids is 1. The average Bonchev–Trinajstić information content (AvgIpc) is 3.00. The van der Waals surface area contributed by atoms with Crippen molar-refractivity contribution >= 4 is 28.4 Å². The van der Waals surface area contributed by atoms with Gasteiger partial charge in [0.2, 0.25) is 6.41 Å². The van der Waals surface area contributed by atoms with Gasteiger partial charge in [0.1, 0.15) is 10.0 Å². The van der Waals surface area contributed by atoms with Crippen LogP contribution in [-0.2, 0) is 4.79 Å². The van der Waals surface area contributed by atoms with Gasteiger partial charge in [-0.25, -0.2) is 4.98 Å². The lowest BCUT2D eigenvalue weighted by molar-refractivity contribution is -0.106. The number of anilines is 2. The molecule has 0 aliphatic rings. The van der Waals surface area contributed by atoms with E-state index < -0.39 is 0 Å². The molecule has 3 rings (SSSR count). The Morgan fingerprint density at radius 1 is 1.05 bits per heavy atom. The van der Waals surface area contributed by atoms with Crippen molar-refractivity contribution in [2.45, 2.75) is 0 Å². The highest BCUT2D eigenvalue weighted by molar-refractivity contribution is 7.19. The lowest BCUT2D eigenvalue weighted by Crippen LogP contribution is -2.12. The number of pyridine rings is 2. The topological polar surface area (TPSA) is 59.0 Å². The Balaban J connectivity index is 1.95. The number of rotatable bonds is 4. The van der Waals surface area contributed by atoms with Crippen molar-refractivity contribution in [3.05, 3.63) is 55.2 Å². The Hall–Kier alpha value is -2.60. The Bertz CT molecular complexity index is 699. The van der Waals surface area contributed by atoms with Crippen molar-refractivity contribution in [1.29, 1.82) is 0 Å². The van der Waals surface area contributed by atoms with Crippen LogP contribution in [0.15, 0.2) is 55.2 Å². The van der Waals surface area contributed by atoms with Gasteiger partial charge in [-0.1, -0.05) is 11.3 Å². The summed E-state index contributed by atoms with van der Waals surface area (Å²) in [5, 5.41) is 1.57. The summed E-state index contributed by atoms with van der Waals surface area (Å²) in [7, 11) is 0. The molecule has 98 valence electrons. The molecule has 0 spiro atoms. The van der Waals surface area contributed by atoms with Crippen molar-refractivity contribution < 1.29 is 4.79 Å². The van der Waals surface area contributed by atoms with E-state index in [0.29, 0.717) is 5.69 Å². The maximum Gasteiger partial charge on any atom is 0.219 e. The third-order valence-corrected chi connectivity index (χ3v) is 3.71. The van der Waals surface area contributed by atoms with Gasteiger partial charge in [-0.05, 0) is 24.3 Å². The van der Waals surface area contributed by atoms with E-state index in [9.17, 15) is 4.79 Å². The number of hydrogen-bond acceptors (Lipinski definition) is 5. The summed E-state index contributed by atoms with van der Waals surface area (Å²) >= 11 is 1.43. The normalized spacial score (nSPS) is 10.2. The summed E-state index contributed by atoms with van der Waals surface area (Å²) in [6.45, 7) is 0. The van der Waals surface area contributed by atoms with E-state index in [1.807, 2.05) is 18.2 Å². The largest absolute Gasteiger partial charge is 0.278 e. The number of thiazole rings is 1. The van der Waals surface area contributed by atoms with Gasteiger partial charge in [0.15, 0.2) is 0 Å². The molecule has 3 heterocycles. The molecule has 0 bridgehead atoms. The quantitative estimate of drug-likeness (QED) is 0.690. The minimum atomic E-state index is 0.712. The standard InChI is InChI=1S/C14H10N4OS/c19-10-18(12-4-2-6-16-8-12)13-9-17-14(20-13)11-3-1-5-15-7-11/h1-10H. The van der Waals surface area contributed by atoms with E-state index >= 15 is 0 Å². The van der Waals surface area contributed by atoms with Crippen LogP contribution in [0.5, 0.6) is 0 Å². The molecule has 0 aliphatic heterocycles. The third kappa shape index (κ3) is 2.41. The van der Waals surface area contributed by atoms with Gasteiger partial charge in [0.05, 0.1) is 18.1 Å². The van der Waals surface area contributed by atoms with Gasteiger partial charge >= 0.3 is 0 Å². The summed E-state index contributed by atoms with van der Waals surface area (Å²) < 4.78 is 0. The lowest BCUT2D eigenvalue weighted by atomic mass is 10.3. The molecule has 1 amide bonds. The highest BCUT2D eigenvalue weighted by Crippen LogP contribution is 2.33. The lowest BCUT2D eigenvalue weighted by Gasteiger charge is -2.13. The Morgan fingerprint density at radius 2 is 1.85 bits per heavy atom. The van der Waals surface area contributed by atoms with Crippen molar-refractivity contribution in [3.63, 3.8) is 0 Å². The minimum absolute atomic E-state index is 0.712. The molecular formula is C14H10N4OS. The number of amides is 1. The van der Waals surface area contributed by atoms with Crippen LogP contribution in [-0.4, -0.2) is 21.4 Å². The predicted octanol–water partition coefficient (Wildman–Crippen LogP) is 2.89. The Kier molecular flexibility index (Phi) is 3.47. The molecule has 0 N–H and O–H groups in total. The molecule has 0 saturated carbocycles. The first-order chi connectivity index (χ1) is 9.88. The first-order valence-corrected chi connectivity index (χ1v) is 6.71. The van der Waals surface area contributed by atoms with E-state index in [1.165, 1.54) is 16.2 Å². The average molecular weight is 282 g/mol. The maximum absolute atomic E-state index is 11.3. The summed E-state index contributed by atoms with van der Waals surface area (Å²) in [4.78, 5) is 25.3. The molecule has 0 fully saturated rings. The molecule has 3 aromatic heterocycles. The maximum atomic E-state index is 11.3. The van der Waals surface area contributed by atoms with E-state index in [4.69, 9.17) is 0 Å². The molecule has 3 aromatic rings. The summed E-state index contributed by atoms with van der Waals surface area (Å²) in [6.07, 6.45) is 9.20. The monoisotopic (exact) mass is 282 g/mol. The van der Waals surface area contributed by atoms with E-state index in [1.54, 1.807) is 37.1 Å². The molecule has 0 atom stereocenters. The van der Waals surface area contributed by atoms with Gasteiger partial charge in [-0.3, -0.25) is 19.7 Å². The summed E-state index contributed by atoms with van der Waals surface area (Å²) in [5.41, 5.74) is 1.64. The van der Waals surface area contributed by atoms with Crippen LogP contribution >= 0.6 is 11.3 Å². The molecule has 0 unspecified atom stereocenters. The first kappa shape index (κ1) is 12.4. The fraction of sp³-hybridized carbons (Fsp3) is 0. The van der Waals surface area contributed by atoms with Crippen LogP contribution in [0.4, 0.5) is 10.7 Å². The molecule has 6 heteroatoms. The SMILES string of the molecule is O=CN(c1cccnc1)c1cnc(-c2cccnc2)s1. The van der Waals surface area contributed by atoms with Crippen molar-refractivity contribution in [3.8, 4) is 10.6 Å². The Morgan fingerprint density at radius 3 is 2.50 bits per heavy atom. The second-order valence-electron chi connectivity index (χ2n) is 3.93.